The number of aryl methyl sites for hydroxylation is 1. The summed E-state index contributed by atoms with van der Waals surface area (Å²) in [5.41, 5.74) is 7.04. The largest absolute Gasteiger partial charge is 0.326 e. The lowest BCUT2D eigenvalue weighted by Gasteiger charge is -2.16. The third-order valence-electron chi connectivity index (χ3n) is 2.10. The van der Waals surface area contributed by atoms with Crippen molar-refractivity contribution in [3.05, 3.63) is 15.6 Å². The van der Waals surface area contributed by atoms with Crippen LogP contribution < -0.4 is 5.73 Å². The standard InChI is InChI=1S/C11H20N2S/c1-5-6-9-13-10(11(2,3)4)8(7-12)14-9/h5-7,12H2,1-4H3. The Hall–Kier alpha value is -0.410. The molecule has 0 saturated carbocycles. The third kappa shape index (κ3) is 2.55. The molecular weight excluding hydrogens is 192 g/mol. The summed E-state index contributed by atoms with van der Waals surface area (Å²) in [5, 5.41) is 1.23. The van der Waals surface area contributed by atoms with Gasteiger partial charge in [0.25, 0.3) is 0 Å². The number of nitrogens with zero attached hydrogens (tertiary/aromatic N) is 1. The Morgan fingerprint density at radius 1 is 1.36 bits per heavy atom. The molecule has 0 atom stereocenters. The highest BCUT2D eigenvalue weighted by atomic mass is 32.1. The Balaban J connectivity index is 3.02. The monoisotopic (exact) mass is 212 g/mol. The maximum absolute atomic E-state index is 5.73. The van der Waals surface area contributed by atoms with E-state index in [1.165, 1.54) is 15.6 Å². The quantitative estimate of drug-likeness (QED) is 0.836. The van der Waals surface area contributed by atoms with Gasteiger partial charge in [0.05, 0.1) is 10.7 Å². The molecule has 2 N–H and O–H groups in total. The summed E-state index contributed by atoms with van der Waals surface area (Å²) in [6, 6.07) is 0. The molecule has 0 bridgehead atoms. The summed E-state index contributed by atoms with van der Waals surface area (Å²) in [5.74, 6) is 0. The smallest absolute Gasteiger partial charge is 0.0931 e. The average Bonchev–Trinajstić information content (AvgIpc) is 2.47. The van der Waals surface area contributed by atoms with E-state index in [2.05, 4.69) is 32.7 Å². The maximum atomic E-state index is 5.73. The average molecular weight is 212 g/mol. The van der Waals surface area contributed by atoms with E-state index in [1.807, 2.05) is 0 Å². The van der Waals surface area contributed by atoms with E-state index in [-0.39, 0.29) is 5.41 Å². The van der Waals surface area contributed by atoms with Crippen molar-refractivity contribution in [3.8, 4) is 0 Å². The number of nitrogens with two attached hydrogens (primary N) is 1. The molecule has 3 heteroatoms. The fraction of sp³-hybridized carbons (Fsp3) is 0.727. The summed E-state index contributed by atoms with van der Waals surface area (Å²) in [6.45, 7) is 9.37. The lowest BCUT2D eigenvalue weighted by molar-refractivity contribution is 0.564. The highest BCUT2D eigenvalue weighted by molar-refractivity contribution is 7.11. The molecule has 0 spiro atoms. The van der Waals surface area contributed by atoms with Gasteiger partial charge in [-0.15, -0.1) is 11.3 Å². The zero-order chi connectivity index (χ0) is 10.8. The van der Waals surface area contributed by atoms with E-state index < -0.39 is 0 Å². The van der Waals surface area contributed by atoms with Crippen LogP contribution in [-0.2, 0) is 18.4 Å². The maximum Gasteiger partial charge on any atom is 0.0931 e. The Labute approximate surface area is 90.6 Å². The Morgan fingerprint density at radius 3 is 2.36 bits per heavy atom. The molecule has 0 aromatic carbocycles. The molecule has 80 valence electrons. The van der Waals surface area contributed by atoms with Gasteiger partial charge >= 0.3 is 0 Å². The van der Waals surface area contributed by atoms with Gasteiger partial charge in [-0.1, -0.05) is 27.7 Å². The van der Waals surface area contributed by atoms with Crippen molar-refractivity contribution in [2.45, 2.75) is 52.5 Å². The van der Waals surface area contributed by atoms with Crippen LogP contribution in [0.1, 0.15) is 49.7 Å². The van der Waals surface area contributed by atoms with Crippen molar-refractivity contribution in [1.29, 1.82) is 0 Å². The number of hydrogen-bond acceptors (Lipinski definition) is 3. The first-order valence-corrected chi connectivity index (χ1v) is 5.99. The number of hydrogen-bond donors (Lipinski definition) is 1. The lowest BCUT2D eigenvalue weighted by Crippen LogP contribution is -2.15. The lowest BCUT2D eigenvalue weighted by atomic mass is 9.91. The van der Waals surface area contributed by atoms with E-state index >= 15 is 0 Å². The fourth-order valence-electron chi connectivity index (χ4n) is 1.45. The SMILES string of the molecule is CCCc1nc(C(C)(C)C)c(CN)s1. The van der Waals surface area contributed by atoms with Crippen LogP contribution in [-0.4, -0.2) is 4.98 Å². The third-order valence-corrected chi connectivity index (χ3v) is 3.24. The molecule has 14 heavy (non-hydrogen) atoms. The van der Waals surface area contributed by atoms with Gasteiger partial charge in [-0.05, 0) is 12.8 Å². The molecule has 0 aliphatic rings. The molecule has 1 heterocycles. The van der Waals surface area contributed by atoms with Gasteiger partial charge in [-0.3, -0.25) is 0 Å². The highest BCUT2D eigenvalue weighted by Crippen LogP contribution is 2.29. The van der Waals surface area contributed by atoms with E-state index in [4.69, 9.17) is 5.73 Å². The van der Waals surface area contributed by atoms with Gasteiger partial charge in [-0.25, -0.2) is 4.98 Å². The van der Waals surface area contributed by atoms with E-state index in [0.29, 0.717) is 6.54 Å². The van der Waals surface area contributed by atoms with Crippen molar-refractivity contribution < 1.29 is 0 Å². The van der Waals surface area contributed by atoms with Crippen LogP contribution in [0.2, 0.25) is 0 Å². The predicted molar refractivity (Wildman–Crippen MR) is 62.7 cm³/mol. The van der Waals surface area contributed by atoms with Gasteiger partial charge in [0.1, 0.15) is 0 Å². The van der Waals surface area contributed by atoms with Gasteiger partial charge < -0.3 is 5.73 Å². The molecule has 0 aliphatic heterocycles. The Kier molecular flexibility index (Phi) is 3.67. The van der Waals surface area contributed by atoms with E-state index in [0.717, 1.165) is 12.8 Å². The molecule has 0 saturated heterocycles. The summed E-state index contributed by atoms with van der Waals surface area (Å²) in [4.78, 5) is 5.93. The van der Waals surface area contributed by atoms with Crippen molar-refractivity contribution >= 4 is 11.3 Å². The van der Waals surface area contributed by atoms with Gasteiger partial charge in [-0.2, -0.15) is 0 Å². The van der Waals surface area contributed by atoms with Crippen LogP contribution in [0.15, 0.2) is 0 Å². The second-order valence-electron chi connectivity index (χ2n) is 4.58. The van der Waals surface area contributed by atoms with Gasteiger partial charge in [0.2, 0.25) is 0 Å². The Morgan fingerprint density at radius 2 is 2.00 bits per heavy atom. The van der Waals surface area contributed by atoms with Crippen molar-refractivity contribution in [2.24, 2.45) is 5.73 Å². The molecule has 0 fully saturated rings. The van der Waals surface area contributed by atoms with E-state index in [9.17, 15) is 0 Å². The normalized spacial score (nSPS) is 12.1. The minimum Gasteiger partial charge on any atom is -0.326 e. The Bertz CT molecular complexity index is 297. The molecule has 1 aromatic rings. The first kappa shape index (κ1) is 11.7. The number of rotatable bonds is 3. The summed E-state index contributed by atoms with van der Waals surface area (Å²) in [6.07, 6.45) is 2.23. The molecule has 1 aromatic heterocycles. The molecule has 2 nitrogen and oxygen atoms in total. The van der Waals surface area contributed by atoms with Crippen molar-refractivity contribution in [3.63, 3.8) is 0 Å². The molecule has 1 rings (SSSR count). The molecule has 0 amide bonds. The van der Waals surface area contributed by atoms with Crippen LogP contribution in [0.25, 0.3) is 0 Å². The van der Waals surface area contributed by atoms with Gasteiger partial charge in [0.15, 0.2) is 0 Å². The molecular formula is C11H20N2S. The molecule has 0 unspecified atom stereocenters. The van der Waals surface area contributed by atoms with Crippen LogP contribution in [0.3, 0.4) is 0 Å². The predicted octanol–water partition coefficient (Wildman–Crippen LogP) is 2.85. The summed E-state index contributed by atoms with van der Waals surface area (Å²) >= 11 is 1.77. The van der Waals surface area contributed by atoms with E-state index in [1.54, 1.807) is 11.3 Å². The summed E-state index contributed by atoms with van der Waals surface area (Å²) < 4.78 is 0. The minimum atomic E-state index is 0.122. The number of aromatic nitrogens is 1. The van der Waals surface area contributed by atoms with Gasteiger partial charge in [0, 0.05) is 16.8 Å². The topological polar surface area (TPSA) is 38.9 Å². The minimum absolute atomic E-state index is 0.122. The molecule has 0 aliphatic carbocycles. The number of thiazole rings is 1. The van der Waals surface area contributed by atoms with Crippen LogP contribution in [0.5, 0.6) is 0 Å². The zero-order valence-corrected chi connectivity index (χ0v) is 10.4. The second-order valence-corrected chi connectivity index (χ2v) is 5.75. The van der Waals surface area contributed by atoms with Crippen molar-refractivity contribution in [1.82, 2.24) is 4.98 Å². The second kappa shape index (κ2) is 4.41. The zero-order valence-electron chi connectivity index (χ0n) is 9.55. The van der Waals surface area contributed by atoms with Crippen LogP contribution in [0, 0.1) is 0 Å². The first-order chi connectivity index (χ1) is 6.49. The molecule has 0 radical (unpaired) electrons. The first-order valence-electron chi connectivity index (χ1n) is 5.18. The van der Waals surface area contributed by atoms with Crippen LogP contribution in [0.4, 0.5) is 0 Å². The fourth-order valence-corrected chi connectivity index (χ4v) is 2.70. The van der Waals surface area contributed by atoms with Crippen molar-refractivity contribution in [2.75, 3.05) is 0 Å². The highest BCUT2D eigenvalue weighted by Gasteiger charge is 2.21. The van der Waals surface area contributed by atoms with Crippen LogP contribution >= 0.6 is 11.3 Å². The summed E-state index contributed by atoms with van der Waals surface area (Å²) in [7, 11) is 0.